The molecule has 3 N–H and O–H groups in total. The van der Waals surface area contributed by atoms with Crippen LogP contribution >= 0.6 is 11.6 Å². The van der Waals surface area contributed by atoms with Crippen LogP contribution in [0.2, 0.25) is 5.02 Å². The Morgan fingerprint density at radius 2 is 2.00 bits per heavy atom. The minimum Gasteiger partial charge on any atom is -0.493 e. The summed E-state index contributed by atoms with van der Waals surface area (Å²) in [5, 5.41) is 15.4. The lowest BCUT2D eigenvalue weighted by atomic mass is 10.0. The number of aliphatic hydroxyl groups is 1. The monoisotopic (exact) mass is 360 g/mol. The molecule has 2 aromatic carbocycles. The second-order valence-electron chi connectivity index (χ2n) is 5.63. The van der Waals surface area contributed by atoms with E-state index in [2.05, 4.69) is 10.6 Å². The average molecular weight is 361 g/mol. The quantitative estimate of drug-likeness (QED) is 0.728. The molecule has 7 heteroatoms. The van der Waals surface area contributed by atoms with E-state index in [0.717, 1.165) is 17.7 Å². The van der Waals surface area contributed by atoms with Gasteiger partial charge in [-0.15, -0.1) is 0 Å². The Hall–Kier alpha value is -2.57. The molecule has 1 aliphatic heterocycles. The van der Waals surface area contributed by atoms with E-state index in [1.54, 1.807) is 36.4 Å². The van der Waals surface area contributed by atoms with Gasteiger partial charge in [-0.25, -0.2) is 0 Å². The lowest BCUT2D eigenvalue weighted by Gasteiger charge is -2.13. The van der Waals surface area contributed by atoms with Crippen molar-refractivity contribution in [1.29, 1.82) is 0 Å². The second kappa shape index (κ2) is 7.55. The van der Waals surface area contributed by atoms with Gasteiger partial charge in [0, 0.05) is 13.0 Å². The first kappa shape index (κ1) is 17.3. The van der Waals surface area contributed by atoms with Crippen LogP contribution in [0.4, 0.5) is 5.69 Å². The zero-order chi connectivity index (χ0) is 17.8. The van der Waals surface area contributed by atoms with E-state index < -0.39 is 17.9 Å². The minimum atomic E-state index is -0.914. The maximum atomic E-state index is 11.9. The highest BCUT2D eigenvalue weighted by molar-refractivity contribution is 6.41. The average Bonchev–Trinajstić information content (AvgIpc) is 3.08. The van der Waals surface area contributed by atoms with Crippen LogP contribution in [0, 0.1) is 0 Å². The van der Waals surface area contributed by atoms with E-state index in [1.807, 2.05) is 6.07 Å². The molecule has 1 atom stereocenters. The molecule has 0 bridgehead atoms. The standard InChI is InChI=1S/C18H17ClN2O4/c19-13-3-1-2-4-14(13)21-18(24)17(23)20-10-15(22)11-5-6-16-12(9-11)7-8-25-16/h1-6,9,15,22H,7-8,10H2,(H,20,23)(H,21,24). The number of ether oxygens (including phenoxy) is 1. The molecule has 0 radical (unpaired) electrons. The van der Waals surface area contributed by atoms with Gasteiger partial charge in [0.2, 0.25) is 0 Å². The van der Waals surface area contributed by atoms with Gasteiger partial charge >= 0.3 is 11.8 Å². The summed E-state index contributed by atoms with van der Waals surface area (Å²) in [6.45, 7) is 0.558. The number of aliphatic hydroxyl groups excluding tert-OH is 1. The normalized spacial score (nSPS) is 13.5. The molecule has 0 aliphatic carbocycles. The first-order valence-electron chi connectivity index (χ1n) is 7.82. The highest BCUT2D eigenvalue weighted by atomic mass is 35.5. The maximum absolute atomic E-state index is 11.9. The van der Waals surface area contributed by atoms with Crippen LogP contribution in [0.25, 0.3) is 0 Å². The highest BCUT2D eigenvalue weighted by Gasteiger charge is 2.19. The predicted octanol–water partition coefficient (Wildman–Crippen LogP) is 2.06. The van der Waals surface area contributed by atoms with Crippen molar-refractivity contribution >= 4 is 29.1 Å². The van der Waals surface area contributed by atoms with Crippen molar-refractivity contribution in [2.45, 2.75) is 12.5 Å². The summed E-state index contributed by atoms with van der Waals surface area (Å²) >= 11 is 5.93. The number of nitrogens with one attached hydrogen (secondary N) is 2. The summed E-state index contributed by atoms with van der Waals surface area (Å²) in [5.74, 6) is -0.870. The Morgan fingerprint density at radius 1 is 1.20 bits per heavy atom. The maximum Gasteiger partial charge on any atom is 0.313 e. The van der Waals surface area contributed by atoms with Gasteiger partial charge in [-0.1, -0.05) is 29.8 Å². The fourth-order valence-corrected chi connectivity index (χ4v) is 2.73. The number of fused-ring (bicyclic) bond motifs is 1. The number of carbonyl (C=O) groups is 2. The van der Waals surface area contributed by atoms with Crippen LogP contribution in [0.15, 0.2) is 42.5 Å². The van der Waals surface area contributed by atoms with Crippen LogP contribution in [0.1, 0.15) is 17.2 Å². The van der Waals surface area contributed by atoms with Crippen LogP contribution in [0.3, 0.4) is 0 Å². The third-order valence-electron chi connectivity index (χ3n) is 3.88. The summed E-state index contributed by atoms with van der Waals surface area (Å²) in [7, 11) is 0. The van der Waals surface area contributed by atoms with E-state index >= 15 is 0 Å². The molecule has 2 amide bonds. The predicted molar refractivity (Wildman–Crippen MR) is 93.7 cm³/mol. The third-order valence-corrected chi connectivity index (χ3v) is 4.21. The van der Waals surface area contributed by atoms with Gasteiger partial charge in [-0.3, -0.25) is 9.59 Å². The molecule has 1 aliphatic rings. The largest absolute Gasteiger partial charge is 0.493 e. The number of para-hydroxylation sites is 1. The zero-order valence-corrected chi connectivity index (χ0v) is 14.0. The highest BCUT2D eigenvalue weighted by Crippen LogP contribution is 2.28. The molecule has 0 saturated carbocycles. The van der Waals surface area contributed by atoms with E-state index in [0.29, 0.717) is 22.9 Å². The van der Waals surface area contributed by atoms with Crippen molar-refractivity contribution in [3.63, 3.8) is 0 Å². The van der Waals surface area contributed by atoms with E-state index in [1.165, 1.54) is 0 Å². The number of carbonyl (C=O) groups excluding carboxylic acids is 2. The molecule has 3 rings (SSSR count). The van der Waals surface area contributed by atoms with Crippen molar-refractivity contribution in [2.75, 3.05) is 18.5 Å². The van der Waals surface area contributed by atoms with Gasteiger partial charge in [0.05, 0.1) is 23.4 Å². The van der Waals surface area contributed by atoms with Crippen molar-refractivity contribution < 1.29 is 19.4 Å². The van der Waals surface area contributed by atoms with Crippen LogP contribution in [0.5, 0.6) is 5.75 Å². The molecule has 1 heterocycles. The molecule has 0 fully saturated rings. The lowest BCUT2D eigenvalue weighted by molar-refractivity contribution is -0.136. The Labute approximate surface area is 149 Å². The Bertz CT molecular complexity index is 809. The zero-order valence-electron chi connectivity index (χ0n) is 13.3. The van der Waals surface area contributed by atoms with E-state index in [-0.39, 0.29) is 6.54 Å². The van der Waals surface area contributed by atoms with Gasteiger partial charge in [0.15, 0.2) is 0 Å². The number of hydrogen-bond acceptors (Lipinski definition) is 4. The van der Waals surface area contributed by atoms with Gasteiger partial charge in [0.25, 0.3) is 0 Å². The molecule has 0 saturated heterocycles. The van der Waals surface area contributed by atoms with Gasteiger partial charge < -0.3 is 20.5 Å². The fraction of sp³-hybridized carbons (Fsp3) is 0.222. The first-order valence-corrected chi connectivity index (χ1v) is 8.20. The number of hydrogen-bond donors (Lipinski definition) is 3. The van der Waals surface area contributed by atoms with Gasteiger partial charge in [0.1, 0.15) is 5.75 Å². The summed E-state index contributed by atoms with van der Waals surface area (Å²) in [6, 6.07) is 12.0. The number of rotatable bonds is 4. The lowest BCUT2D eigenvalue weighted by Crippen LogP contribution is -2.37. The molecule has 130 valence electrons. The SMILES string of the molecule is O=C(NCC(O)c1ccc2c(c1)CCO2)C(=O)Nc1ccccc1Cl. The van der Waals surface area contributed by atoms with E-state index in [9.17, 15) is 14.7 Å². The minimum absolute atomic E-state index is 0.0750. The fourth-order valence-electron chi connectivity index (χ4n) is 2.54. The summed E-state index contributed by atoms with van der Waals surface area (Å²) in [4.78, 5) is 23.8. The smallest absolute Gasteiger partial charge is 0.313 e. The van der Waals surface area contributed by atoms with Crippen molar-refractivity contribution in [2.24, 2.45) is 0 Å². The molecular formula is C18H17ClN2O4. The number of anilines is 1. The number of benzene rings is 2. The first-order chi connectivity index (χ1) is 12.0. The summed E-state index contributed by atoms with van der Waals surface area (Å²) in [5.41, 5.74) is 2.04. The molecule has 6 nitrogen and oxygen atoms in total. The topological polar surface area (TPSA) is 87.7 Å². The Kier molecular flexibility index (Phi) is 5.21. The van der Waals surface area contributed by atoms with Gasteiger partial charge in [-0.2, -0.15) is 0 Å². The van der Waals surface area contributed by atoms with Crippen LogP contribution in [-0.4, -0.2) is 30.1 Å². The van der Waals surface area contributed by atoms with Crippen molar-refractivity contribution in [3.05, 3.63) is 58.6 Å². The van der Waals surface area contributed by atoms with Crippen LogP contribution in [-0.2, 0) is 16.0 Å². The second-order valence-corrected chi connectivity index (χ2v) is 6.03. The van der Waals surface area contributed by atoms with Gasteiger partial charge in [-0.05, 0) is 35.4 Å². The molecular weight excluding hydrogens is 344 g/mol. The third kappa shape index (κ3) is 4.10. The molecule has 25 heavy (non-hydrogen) atoms. The van der Waals surface area contributed by atoms with Crippen molar-refractivity contribution in [3.8, 4) is 5.75 Å². The molecule has 2 aromatic rings. The summed E-state index contributed by atoms with van der Waals surface area (Å²) < 4.78 is 5.41. The molecule has 0 spiro atoms. The van der Waals surface area contributed by atoms with Crippen molar-refractivity contribution in [1.82, 2.24) is 5.32 Å². The summed E-state index contributed by atoms with van der Waals surface area (Å²) in [6.07, 6.45) is -0.120. The molecule has 1 unspecified atom stereocenters. The van der Waals surface area contributed by atoms with E-state index in [4.69, 9.17) is 16.3 Å². The Morgan fingerprint density at radius 3 is 2.80 bits per heavy atom. The van der Waals surface area contributed by atoms with Crippen LogP contribution < -0.4 is 15.4 Å². The Balaban J connectivity index is 1.54. The number of amides is 2. The molecule has 0 aromatic heterocycles. The number of halogens is 1.